The number of Topliss-reactive ketones (excluding diaryl/α,β-unsaturated/α-hetero) is 1. The molecule has 0 saturated carbocycles. The van der Waals surface area contributed by atoms with Gasteiger partial charge < -0.3 is 0 Å². The van der Waals surface area contributed by atoms with Gasteiger partial charge in [-0.1, -0.05) is 50.8 Å². The van der Waals surface area contributed by atoms with Gasteiger partial charge in [-0.15, -0.1) is 0 Å². The molecule has 0 radical (unpaired) electrons. The minimum atomic E-state index is 0.180. The Labute approximate surface area is 125 Å². The molecule has 0 aliphatic heterocycles. The molecule has 0 unspecified atom stereocenters. The number of hydrogen-bond acceptors (Lipinski definition) is 1. The molecule has 1 aliphatic carbocycles. The van der Waals surface area contributed by atoms with Gasteiger partial charge in [0, 0.05) is 14.5 Å². The van der Waals surface area contributed by atoms with E-state index in [9.17, 15) is 4.79 Å². The number of carbonyl (C=O) groups is 1. The maximum Gasteiger partial charge on any atom is 0.188 e. The largest absolute Gasteiger partial charge is 0.289 e. The predicted molar refractivity (Wildman–Crippen MR) is 82.0 cm³/mol. The molecule has 0 atom stereocenters. The highest BCUT2D eigenvalue weighted by Crippen LogP contribution is 2.25. The van der Waals surface area contributed by atoms with E-state index in [4.69, 9.17) is 0 Å². The number of benzene rings is 1. The van der Waals surface area contributed by atoms with Crippen LogP contribution < -0.4 is 0 Å². The van der Waals surface area contributed by atoms with E-state index in [-0.39, 0.29) is 5.78 Å². The molecule has 2 rings (SSSR count). The summed E-state index contributed by atoms with van der Waals surface area (Å²) < 4.78 is 1.87. The molecule has 0 heterocycles. The van der Waals surface area contributed by atoms with Crippen molar-refractivity contribution in [2.45, 2.75) is 38.5 Å². The molecule has 0 N–H and O–H groups in total. The average molecular weight is 372 g/mol. The second-order valence-electron chi connectivity index (χ2n) is 4.67. The van der Waals surface area contributed by atoms with Crippen LogP contribution in [0.5, 0.6) is 0 Å². The summed E-state index contributed by atoms with van der Waals surface area (Å²) in [5.41, 5.74) is 1.75. The van der Waals surface area contributed by atoms with Crippen LogP contribution >= 0.6 is 31.9 Å². The summed E-state index contributed by atoms with van der Waals surface area (Å²) >= 11 is 6.86. The van der Waals surface area contributed by atoms with Crippen molar-refractivity contribution >= 4 is 37.6 Å². The molecule has 0 bridgehead atoms. The second-order valence-corrected chi connectivity index (χ2v) is 6.50. The van der Waals surface area contributed by atoms with E-state index in [0.717, 1.165) is 39.3 Å². The van der Waals surface area contributed by atoms with Crippen LogP contribution in [0.25, 0.3) is 0 Å². The Hall–Kier alpha value is -0.410. The van der Waals surface area contributed by atoms with Crippen LogP contribution in [0.2, 0.25) is 0 Å². The van der Waals surface area contributed by atoms with Crippen LogP contribution in [0.4, 0.5) is 0 Å². The fourth-order valence-corrected chi connectivity index (χ4v) is 3.56. The summed E-state index contributed by atoms with van der Waals surface area (Å²) in [6.45, 7) is 0. The first-order valence-corrected chi connectivity index (χ1v) is 7.95. The summed E-state index contributed by atoms with van der Waals surface area (Å²) in [6, 6.07) is 5.74. The lowest BCUT2D eigenvalue weighted by Crippen LogP contribution is -2.05. The van der Waals surface area contributed by atoms with Crippen molar-refractivity contribution in [3.8, 4) is 0 Å². The monoisotopic (exact) mass is 370 g/mol. The quantitative estimate of drug-likeness (QED) is 0.611. The Bertz CT molecular complexity index is 457. The third-order valence-electron chi connectivity index (χ3n) is 3.21. The van der Waals surface area contributed by atoms with Crippen molar-refractivity contribution in [1.29, 1.82) is 0 Å². The number of carbonyl (C=O) groups excluding carboxylic acids is 1. The van der Waals surface area contributed by atoms with Crippen molar-refractivity contribution in [1.82, 2.24) is 0 Å². The molecule has 1 aromatic rings. The van der Waals surface area contributed by atoms with E-state index in [0.29, 0.717) is 0 Å². The topological polar surface area (TPSA) is 17.1 Å². The Morgan fingerprint density at radius 1 is 0.944 bits per heavy atom. The smallest absolute Gasteiger partial charge is 0.188 e. The molecule has 0 saturated heterocycles. The van der Waals surface area contributed by atoms with E-state index in [1.807, 2.05) is 18.2 Å². The maximum absolute atomic E-state index is 12.5. The summed E-state index contributed by atoms with van der Waals surface area (Å²) in [4.78, 5) is 12.5. The molecule has 96 valence electrons. The van der Waals surface area contributed by atoms with Gasteiger partial charge in [-0.2, -0.15) is 0 Å². The molecule has 0 fully saturated rings. The van der Waals surface area contributed by atoms with Crippen LogP contribution in [-0.2, 0) is 0 Å². The van der Waals surface area contributed by atoms with E-state index in [2.05, 4.69) is 37.9 Å². The highest BCUT2D eigenvalue weighted by atomic mass is 79.9. The Morgan fingerprint density at radius 3 is 2.33 bits per heavy atom. The number of ketones is 1. The average Bonchev–Trinajstić information content (AvgIpc) is 2.26. The minimum Gasteiger partial charge on any atom is -0.289 e. The zero-order valence-electron chi connectivity index (χ0n) is 10.2. The first-order valence-electron chi connectivity index (χ1n) is 6.36. The fourth-order valence-electron chi connectivity index (χ4n) is 2.27. The lowest BCUT2D eigenvalue weighted by Gasteiger charge is -2.11. The van der Waals surface area contributed by atoms with E-state index in [1.54, 1.807) is 0 Å². The van der Waals surface area contributed by atoms with Crippen molar-refractivity contribution < 1.29 is 4.79 Å². The molecule has 0 aromatic heterocycles. The normalized spacial score (nSPS) is 19.6. The fraction of sp³-hybridized carbons (Fsp3) is 0.400. The van der Waals surface area contributed by atoms with Gasteiger partial charge in [0.15, 0.2) is 5.78 Å². The molecule has 18 heavy (non-hydrogen) atoms. The molecular formula is C15H16Br2O. The van der Waals surface area contributed by atoms with Crippen LogP contribution in [0, 0.1) is 0 Å². The second kappa shape index (κ2) is 6.67. The maximum atomic E-state index is 12.5. The Balaban J connectivity index is 2.23. The molecule has 1 aromatic carbocycles. The van der Waals surface area contributed by atoms with Gasteiger partial charge in [0.05, 0.1) is 0 Å². The van der Waals surface area contributed by atoms with E-state index >= 15 is 0 Å². The SMILES string of the molecule is O=C(/C1=C/CCCCCC1)c1cc(Br)cc(Br)c1. The van der Waals surface area contributed by atoms with Gasteiger partial charge in [0.1, 0.15) is 0 Å². The van der Waals surface area contributed by atoms with Gasteiger partial charge in [-0.3, -0.25) is 4.79 Å². The van der Waals surface area contributed by atoms with Crippen LogP contribution in [0.3, 0.4) is 0 Å². The number of allylic oxidation sites excluding steroid dienone is 2. The van der Waals surface area contributed by atoms with Crippen molar-refractivity contribution in [3.05, 3.63) is 44.4 Å². The zero-order valence-corrected chi connectivity index (χ0v) is 13.4. The summed E-state index contributed by atoms with van der Waals surface area (Å²) in [7, 11) is 0. The number of rotatable bonds is 2. The van der Waals surface area contributed by atoms with Crippen molar-refractivity contribution in [2.75, 3.05) is 0 Å². The lowest BCUT2D eigenvalue weighted by atomic mass is 9.94. The molecule has 0 amide bonds. The molecule has 1 aliphatic rings. The minimum absolute atomic E-state index is 0.180. The molecule has 1 nitrogen and oxygen atoms in total. The predicted octanol–water partition coefficient (Wildman–Crippen LogP) is 5.67. The Morgan fingerprint density at radius 2 is 1.61 bits per heavy atom. The third kappa shape index (κ3) is 3.79. The molecular weight excluding hydrogens is 356 g/mol. The standard InChI is InChI=1S/C15H16Br2O/c16-13-8-12(9-14(17)10-13)15(18)11-6-4-2-1-3-5-7-11/h6,8-10H,1-5,7H2/b11-6+. The van der Waals surface area contributed by atoms with E-state index in [1.165, 1.54) is 19.3 Å². The number of halogens is 2. The van der Waals surface area contributed by atoms with Gasteiger partial charge in [0.25, 0.3) is 0 Å². The van der Waals surface area contributed by atoms with Crippen molar-refractivity contribution in [2.24, 2.45) is 0 Å². The lowest BCUT2D eigenvalue weighted by molar-refractivity contribution is 0.102. The zero-order chi connectivity index (χ0) is 13.0. The van der Waals surface area contributed by atoms with Gasteiger partial charge in [-0.25, -0.2) is 0 Å². The van der Waals surface area contributed by atoms with Crippen LogP contribution in [0.1, 0.15) is 48.9 Å². The first-order chi connectivity index (χ1) is 8.66. The summed E-state index contributed by atoms with van der Waals surface area (Å²) in [5, 5.41) is 0. The van der Waals surface area contributed by atoms with Crippen LogP contribution in [0.15, 0.2) is 38.8 Å². The van der Waals surface area contributed by atoms with Gasteiger partial charge in [-0.05, 0) is 49.5 Å². The van der Waals surface area contributed by atoms with E-state index < -0.39 is 0 Å². The highest BCUT2D eigenvalue weighted by molar-refractivity contribution is 9.11. The summed E-state index contributed by atoms with van der Waals surface area (Å²) in [5.74, 6) is 0.180. The highest BCUT2D eigenvalue weighted by Gasteiger charge is 2.14. The van der Waals surface area contributed by atoms with Gasteiger partial charge >= 0.3 is 0 Å². The van der Waals surface area contributed by atoms with Gasteiger partial charge in [0.2, 0.25) is 0 Å². The number of hydrogen-bond donors (Lipinski definition) is 0. The first kappa shape index (κ1) is 14.0. The van der Waals surface area contributed by atoms with Crippen LogP contribution in [-0.4, -0.2) is 5.78 Å². The van der Waals surface area contributed by atoms with Crippen molar-refractivity contribution in [3.63, 3.8) is 0 Å². The molecule has 3 heteroatoms. The Kier molecular flexibility index (Phi) is 5.19. The summed E-state index contributed by atoms with van der Waals surface area (Å²) in [6.07, 6.45) is 8.97. The molecule has 0 spiro atoms. The third-order valence-corrected chi connectivity index (χ3v) is 4.12.